The van der Waals surface area contributed by atoms with Gasteiger partial charge in [0.1, 0.15) is 0 Å². The molecule has 3 rings (SSSR count). The summed E-state index contributed by atoms with van der Waals surface area (Å²) in [7, 11) is 0. The highest BCUT2D eigenvalue weighted by Gasteiger charge is 2.08. The normalized spacial score (nSPS) is 10.5. The first-order chi connectivity index (χ1) is 11.2. The van der Waals surface area contributed by atoms with Crippen molar-refractivity contribution in [2.45, 2.75) is 19.8 Å². The maximum atomic E-state index is 12.4. The maximum Gasteiger partial charge on any atom is 0.193 e. The number of ketones is 1. The number of hydrogen-bond acceptors (Lipinski definition) is 1. The van der Waals surface area contributed by atoms with Gasteiger partial charge in [-0.3, -0.25) is 4.79 Å². The van der Waals surface area contributed by atoms with Gasteiger partial charge in [-0.25, -0.2) is 0 Å². The van der Waals surface area contributed by atoms with E-state index >= 15 is 0 Å². The van der Waals surface area contributed by atoms with Crippen molar-refractivity contribution in [2.24, 2.45) is 0 Å². The number of carbonyl (C=O) groups is 1. The highest BCUT2D eigenvalue weighted by atomic mass is 16.1. The maximum absolute atomic E-state index is 12.4. The summed E-state index contributed by atoms with van der Waals surface area (Å²) < 4.78 is 0. The summed E-state index contributed by atoms with van der Waals surface area (Å²) in [5.41, 5.74) is 5.25. The molecule has 0 aliphatic rings. The van der Waals surface area contributed by atoms with Crippen LogP contribution in [0.3, 0.4) is 0 Å². The lowest BCUT2D eigenvalue weighted by Gasteiger charge is -2.05. The van der Waals surface area contributed by atoms with E-state index in [0.717, 1.165) is 29.5 Å². The van der Waals surface area contributed by atoms with E-state index in [1.54, 1.807) is 0 Å². The largest absolute Gasteiger partial charge is 0.289 e. The standard InChI is InChI=1S/C22H20O/c1-17-7-13-20(14-8-17)22(23)21-15-11-19(12-16-21)10-9-18-5-3-2-4-6-18/h2-8,11-16H,9-10H2,1H3. The fourth-order valence-electron chi connectivity index (χ4n) is 2.63. The Morgan fingerprint density at radius 3 is 1.70 bits per heavy atom. The SMILES string of the molecule is Cc1ccc(C(=O)c2ccc(CCc3ccccc3)cc2)cc1. The molecule has 0 atom stereocenters. The van der Waals surface area contributed by atoms with E-state index in [4.69, 9.17) is 0 Å². The van der Waals surface area contributed by atoms with Gasteiger partial charge in [-0.15, -0.1) is 0 Å². The molecule has 0 radical (unpaired) electrons. The number of hydrogen-bond donors (Lipinski definition) is 0. The number of rotatable bonds is 5. The Bertz CT molecular complexity index is 768. The van der Waals surface area contributed by atoms with Crippen LogP contribution < -0.4 is 0 Å². The zero-order chi connectivity index (χ0) is 16.1. The van der Waals surface area contributed by atoms with E-state index in [2.05, 4.69) is 36.4 Å². The van der Waals surface area contributed by atoms with Gasteiger partial charge in [0.15, 0.2) is 5.78 Å². The van der Waals surface area contributed by atoms with Gasteiger partial charge in [0.2, 0.25) is 0 Å². The van der Waals surface area contributed by atoms with Crippen LogP contribution in [0.4, 0.5) is 0 Å². The molecule has 3 aromatic rings. The zero-order valence-electron chi connectivity index (χ0n) is 13.3. The van der Waals surface area contributed by atoms with Crippen LogP contribution in [0.15, 0.2) is 78.9 Å². The van der Waals surface area contributed by atoms with Gasteiger partial charge >= 0.3 is 0 Å². The number of carbonyl (C=O) groups excluding carboxylic acids is 1. The molecular weight excluding hydrogens is 280 g/mol. The van der Waals surface area contributed by atoms with Crippen molar-refractivity contribution in [1.29, 1.82) is 0 Å². The van der Waals surface area contributed by atoms with Crippen molar-refractivity contribution in [2.75, 3.05) is 0 Å². The molecule has 3 aromatic carbocycles. The predicted molar refractivity (Wildman–Crippen MR) is 94.9 cm³/mol. The third-order valence-corrected chi connectivity index (χ3v) is 4.08. The summed E-state index contributed by atoms with van der Waals surface area (Å²) in [6.07, 6.45) is 2.01. The van der Waals surface area contributed by atoms with E-state index in [1.807, 2.05) is 49.4 Å². The fourth-order valence-corrected chi connectivity index (χ4v) is 2.63. The minimum atomic E-state index is 0.0830. The second-order valence-electron chi connectivity index (χ2n) is 5.88. The summed E-state index contributed by atoms with van der Waals surface area (Å²) in [5.74, 6) is 0.0830. The molecule has 0 saturated carbocycles. The van der Waals surface area contributed by atoms with Crippen molar-refractivity contribution in [3.8, 4) is 0 Å². The van der Waals surface area contributed by atoms with Gasteiger partial charge in [0.05, 0.1) is 0 Å². The monoisotopic (exact) mass is 300 g/mol. The summed E-state index contributed by atoms with van der Waals surface area (Å²) in [4.78, 5) is 12.4. The van der Waals surface area contributed by atoms with Crippen LogP contribution >= 0.6 is 0 Å². The summed E-state index contributed by atoms with van der Waals surface area (Å²) in [6, 6.07) is 26.2. The molecule has 0 heterocycles. The van der Waals surface area contributed by atoms with E-state index in [9.17, 15) is 4.79 Å². The minimum absolute atomic E-state index is 0.0830. The molecule has 114 valence electrons. The van der Waals surface area contributed by atoms with Crippen LogP contribution in [0.5, 0.6) is 0 Å². The second-order valence-corrected chi connectivity index (χ2v) is 5.88. The van der Waals surface area contributed by atoms with Gasteiger partial charge in [-0.05, 0) is 30.9 Å². The number of benzene rings is 3. The first kappa shape index (κ1) is 15.2. The third kappa shape index (κ3) is 3.95. The van der Waals surface area contributed by atoms with Crippen LogP contribution in [0.2, 0.25) is 0 Å². The molecule has 0 aliphatic carbocycles. The molecule has 0 bridgehead atoms. The van der Waals surface area contributed by atoms with Crippen molar-refractivity contribution in [3.63, 3.8) is 0 Å². The van der Waals surface area contributed by atoms with Crippen LogP contribution in [0, 0.1) is 6.92 Å². The first-order valence-electron chi connectivity index (χ1n) is 7.96. The Balaban J connectivity index is 1.67. The van der Waals surface area contributed by atoms with Gasteiger partial charge in [0, 0.05) is 11.1 Å². The highest BCUT2D eigenvalue weighted by Crippen LogP contribution is 2.13. The minimum Gasteiger partial charge on any atom is -0.289 e. The average molecular weight is 300 g/mol. The van der Waals surface area contributed by atoms with Gasteiger partial charge in [0.25, 0.3) is 0 Å². The lowest BCUT2D eigenvalue weighted by Crippen LogP contribution is -2.01. The molecule has 1 heteroatoms. The molecule has 0 unspecified atom stereocenters. The Kier molecular flexibility index (Phi) is 4.68. The Labute approximate surface area is 137 Å². The molecule has 0 amide bonds. The van der Waals surface area contributed by atoms with E-state index < -0.39 is 0 Å². The lowest BCUT2D eigenvalue weighted by atomic mass is 9.99. The Morgan fingerprint density at radius 2 is 1.13 bits per heavy atom. The van der Waals surface area contributed by atoms with Gasteiger partial charge < -0.3 is 0 Å². The van der Waals surface area contributed by atoms with Crippen molar-refractivity contribution >= 4 is 5.78 Å². The second kappa shape index (κ2) is 7.06. The Morgan fingerprint density at radius 1 is 0.652 bits per heavy atom. The van der Waals surface area contributed by atoms with Gasteiger partial charge in [-0.2, -0.15) is 0 Å². The highest BCUT2D eigenvalue weighted by molar-refractivity contribution is 6.08. The number of aryl methyl sites for hydroxylation is 3. The molecular formula is C22H20O. The van der Waals surface area contributed by atoms with E-state index in [0.29, 0.717) is 0 Å². The predicted octanol–water partition coefficient (Wildman–Crippen LogP) is 5.01. The van der Waals surface area contributed by atoms with Gasteiger partial charge in [-0.1, -0.05) is 84.4 Å². The van der Waals surface area contributed by atoms with Crippen molar-refractivity contribution in [3.05, 3.63) is 107 Å². The van der Waals surface area contributed by atoms with E-state index in [1.165, 1.54) is 11.1 Å². The van der Waals surface area contributed by atoms with Crippen LogP contribution in [-0.4, -0.2) is 5.78 Å². The first-order valence-corrected chi connectivity index (χ1v) is 7.96. The van der Waals surface area contributed by atoms with Crippen LogP contribution in [0.25, 0.3) is 0 Å². The summed E-state index contributed by atoms with van der Waals surface area (Å²) in [5, 5.41) is 0. The van der Waals surface area contributed by atoms with Crippen LogP contribution in [0.1, 0.15) is 32.6 Å². The zero-order valence-corrected chi connectivity index (χ0v) is 13.3. The molecule has 0 spiro atoms. The molecule has 0 aromatic heterocycles. The molecule has 23 heavy (non-hydrogen) atoms. The average Bonchev–Trinajstić information content (AvgIpc) is 2.61. The quantitative estimate of drug-likeness (QED) is 0.605. The molecule has 0 N–H and O–H groups in total. The summed E-state index contributed by atoms with van der Waals surface area (Å²) in [6.45, 7) is 2.02. The van der Waals surface area contributed by atoms with Crippen molar-refractivity contribution < 1.29 is 4.79 Å². The molecule has 0 saturated heterocycles. The topological polar surface area (TPSA) is 17.1 Å². The smallest absolute Gasteiger partial charge is 0.193 e. The van der Waals surface area contributed by atoms with Crippen molar-refractivity contribution in [1.82, 2.24) is 0 Å². The van der Waals surface area contributed by atoms with E-state index in [-0.39, 0.29) is 5.78 Å². The van der Waals surface area contributed by atoms with Crippen LogP contribution in [-0.2, 0) is 12.8 Å². The Hall–Kier alpha value is -2.67. The molecule has 1 nitrogen and oxygen atoms in total. The third-order valence-electron chi connectivity index (χ3n) is 4.08. The lowest BCUT2D eigenvalue weighted by molar-refractivity contribution is 0.103. The molecule has 0 fully saturated rings. The summed E-state index contributed by atoms with van der Waals surface area (Å²) >= 11 is 0. The molecule has 0 aliphatic heterocycles. The fraction of sp³-hybridized carbons (Fsp3) is 0.136.